The Morgan fingerprint density at radius 1 is 1.09 bits per heavy atom. The average Bonchev–Trinajstić information content (AvgIpc) is 2.90. The van der Waals surface area contributed by atoms with E-state index in [4.69, 9.17) is 11.6 Å². The first-order valence-corrected chi connectivity index (χ1v) is 7.74. The molecule has 3 heterocycles. The zero-order valence-corrected chi connectivity index (χ0v) is 13.8. The van der Waals surface area contributed by atoms with Gasteiger partial charge in [-0.3, -0.25) is 0 Å². The lowest BCUT2D eigenvalue weighted by molar-refractivity contribution is 0.932. The predicted octanol–water partition coefficient (Wildman–Crippen LogP) is 4.06. The number of imidazole rings is 1. The van der Waals surface area contributed by atoms with E-state index < -0.39 is 0 Å². The molecule has 0 spiro atoms. The van der Waals surface area contributed by atoms with Crippen LogP contribution >= 0.6 is 27.5 Å². The minimum Gasteiger partial charge on any atom is -0.249 e. The third-order valence-electron chi connectivity index (χ3n) is 3.34. The van der Waals surface area contributed by atoms with Crippen molar-refractivity contribution in [2.24, 2.45) is 0 Å². The summed E-state index contributed by atoms with van der Waals surface area (Å²) in [7, 11) is 0. The summed E-state index contributed by atoms with van der Waals surface area (Å²) in [6, 6.07) is 9.49. The van der Waals surface area contributed by atoms with Gasteiger partial charge in [0.25, 0.3) is 0 Å². The number of para-hydroxylation sites is 2. The standard InChI is InChI=1S/C15H9BrClN5/c1-8-14(19-11-5-3-2-4-10(11)18-8)12-7-22-15(20-12)9(16)6-13(17)21-22/h2-7H,1H3. The molecule has 0 unspecified atom stereocenters. The van der Waals surface area contributed by atoms with E-state index >= 15 is 0 Å². The Labute approximate surface area is 139 Å². The smallest absolute Gasteiger partial charge is 0.168 e. The number of fused-ring (bicyclic) bond motifs is 2. The van der Waals surface area contributed by atoms with Gasteiger partial charge in [0.05, 0.1) is 27.4 Å². The van der Waals surface area contributed by atoms with Crippen molar-refractivity contribution in [1.82, 2.24) is 24.6 Å². The SMILES string of the molecule is Cc1nc2ccccc2nc1-c1cn2nc(Cl)cc(Br)c2n1. The third-order valence-corrected chi connectivity index (χ3v) is 4.11. The molecule has 0 aliphatic rings. The van der Waals surface area contributed by atoms with Crippen LogP contribution in [0.5, 0.6) is 0 Å². The first kappa shape index (κ1) is 13.6. The zero-order chi connectivity index (χ0) is 15.3. The van der Waals surface area contributed by atoms with Gasteiger partial charge >= 0.3 is 0 Å². The molecule has 0 fully saturated rings. The van der Waals surface area contributed by atoms with Crippen LogP contribution in [-0.4, -0.2) is 24.6 Å². The molecule has 0 saturated carbocycles. The topological polar surface area (TPSA) is 56.0 Å². The normalized spacial score (nSPS) is 11.4. The zero-order valence-electron chi connectivity index (χ0n) is 11.5. The lowest BCUT2D eigenvalue weighted by Gasteiger charge is -2.03. The van der Waals surface area contributed by atoms with Gasteiger partial charge in [-0.05, 0) is 41.1 Å². The minimum absolute atomic E-state index is 0.393. The molecule has 0 radical (unpaired) electrons. The van der Waals surface area contributed by atoms with Crippen LogP contribution in [0.2, 0.25) is 5.15 Å². The van der Waals surface area contributed by atoms with Crippen molar-refractivity contribution in [3.05, 3.63) is 51.8 Å². The summed E-state index contributed by atoms with van der Waals surface area (Å²) in [6.07, 6.45) is 1.80. The maximum atomic E-state index is 5.97. The maximum absolute atomic E-state index is 5.97. The summed E-state index contributed by atoms with van der Waals surface area (Å²) in [6.45, 7) is 1.92. The van der Waals surface area contributed by atoms with Crippen LogP contribution in [0.1, 0.15) is 5.69 Å². The first-order valence-electron chi connectivity index (χ1n) is 6.57. The monoisotopic (exact) mass is 373 g/mol. The van der Waals surface area contributed by atoms with E-state index in [1.165, 1.54) is 0 Å². The van der Waals surface area contributed by atoms with Crippen molar-refractivity contribution in [3.63, 3.8) is 0 Å². The Bertz CT molecular complexity index is 1030. The van der Waals surface area contributed by atoms with Gasteiger partial charge in [0, 0.05) is 0 Å². The van der Waals surface area contributed by atoms with Gasteiger partial charge in [-0.15, -0.1) is 0 Å². The van der Waals surface area contributed by atoms with E-state index in [1.54, 1.807) is 16.8 Å². The summed E-state index contributed by atoms with van der Waals surface area (Å²) in [5.74, 6) is 0. The largest absolute Gasteiger partial charge is 0.249 e. The van der Waals surface area contributed by atoms with Gasteiger partial charge < -0.3 is 0 Å². The lowest BCUT2D eigenvalue weighted by Crippen LogP contribution is -1.94. The number of rotatable bonds is 1. The van der Waals surface area contributed by atoms with Crippen LogP contribution in [0.4, 0.5) is 0 Å². The number of hydrogen-bond donors (Lipinski definition) is 0. The van der Waals surface area contributed by atoms with E-state index in [2.05, 4.69) is 36.0 Å². The first-order chi connectivity index (χ1) is 10.6. The number of nitrogens with zero attached hydrogens (tertiary/aromatic N) is 5. The van der Waals surface area contributed by atoms with Crippen molar-refractivity contribution in [1.29, 1.82) is 0 Å². The molecule has 0 amide bonds. The number of aryl methyl sites for hydroxylation is 1. The second kappa shape index (κ2) is 5.00. The molecule has 1 aromatic carbocycles. The van der Waals surface area contributed by atoms with Gasteiger partial charge in [0.1, 0.15) is 11.4 Å². The lowest BCUT2D eigenvalue weighted by atomic mass is 10.2. The van der Waals surface area contributed by atoms with Crippen molar-refractivity contribution < 1.29 is 0 Å². The highest BCUT2D eigenvalue weighted by atomic mass is 79.9. The molecule has 0 aliphatic carbocycles. The van der Waals surface area contributed by atoms with E-state index in [0.717, 1.165) is 26.9 Å². The molecule has 0 atom stereocenters. The summed E-state index contributed by atoms with van der Waals surface area (Å²) in [5, 5.41) is 4.61. The van der Waals surface area contributed by atoms with Crippen LogP contribution in [0, 0.1) is 6.92 Å². The molecule has 4 aromatic rings. The fourth-order valence-electron chi connectivity index (χ4n) is 2.36. The Morgan fingerprint density at radius 2 is 1.82 bits per heavy atom. The number of aromatic nitrogens is 5. The van der Waals surface area contributed by atoms with Gasteiger partial charge in [0.15, 0.2) is 10.8 Å². The Hall–Kier alpha value is -2.05. The molecule has 0 aliphatic heterocycles. The number of hydrogen-bond acceptors (Lipinski definition) is 4. The molecular formula is C15H9BrClN5. The number of halogens is 2. The summed E-state index contributed by atoms with van der Waals surface area (Å²) in [4.78, 5) is 13.9. The molecule has 0 saturated heterocycles. The van der Waals surface area contributed by atoms with Crippen molar-refractivity contribution in [3.8, 4) is 11.4 Å². The Kier molecular flexibility index (Phi) is 3.09. The van der Waals surface area contributed by atoms with Gasteiger partial charge in [0.2, 0.25) is 0 Å². The van der Waals surface area contributed by atoms with Crippen molar-refractivity contribution in [2.45, 2.75) is 6.92 Å². The van der Waals surface area contributed by atoms with Crippen LogP contribution in [0.25, 0.3) is 28.1 Å². The second-order valence-corrected chi connectivity index (χ2v) is 6.10. The average molecular weight is 375 g/mol. The van der Waals surface area contributed by atoms with Crippen molar-refractivity contribution in [2.75, 3.05) is 0 Å². The molecule has 22 heavy (non-hydrogen) atoms. The highest BCUT2D eigenvalue weighted by Crippen LogP contribution is 2.26. The predicted molar refractivity (Wildman–Crippen MR) is 89.0 cm³/mol. The van der Waals surface area contributed by atoms with Crippen LogP contribution in [0.3, 0.4) is 0 Å². The van der Waals surface area contributed by atoms with Gasteiger partial charge in [-0.2, -0.15) is 5.10 Å². The molecular weight excluding hydrogens is 366 g/mol. The fraction of sp³-hybridized carbons (Fsp3) is 0.0667. The highest BCUT2D eigenvalue weighted by Gasteiger charge is 2.14. The van der Waals surface area contributed by atoms with Gasteiger partial charge in [-0.25, -0.2) is 19.5 Å². The van der Waals surface area contributed by atoms with E-state index in [-0.39, 0.29) is 0 Å². The molecule has 108 valence electrons. The molecule has 3 aromatic heterocycles. The van der Waals surface area contributed by atoms with Crippen LogP contribution in [0.15, 0.2) is 41.0 Å². The van der Waals surface area contributed by atoms with Gasteiger partial charge in [-0.1, -0.05) is 23.7 Å². The molecule has 0 N–H and O–H groups in total. The van der Waals surface area contributed by atoms with E-state index in [0.29, 0.717) is 16.5 Å². The van der Waals surface area contributed by atoms with Crippen LogP contribution in [-0.2, 0) is 0 Å². The van der Waals surface area contributed by atoms with Crippen LogP contribution < -0.4 is 0 Å². The molecule has 5 nitrogen and oxygen atoms in total. The summed E-state index contributed by atoms with van der Waals surface area (Å²) >= 11 is 9.42. The van der Waals surface area contributed by atoms with E-state index in [1.807, 2.05) is 31.2 Å². The Balaban J connectivity index is 1.98. The quantitative estimate of drug-likeness (QED) is 0.504. The Morgan fingerprint density at radius 3 is 2.59 bits per heavy atom. The summed E-state index contributed by atoms with van der Waals surface area (Å²) < 4.78 is 2.42. The molecule has 4 rings (SSSR count). The summed E-state index contributed by atoms with van der Waals surface area (Å²) in [5.41, 5.74) is 4.68. The third kappa shape index (κ3) is 2.15. The van der Waals surface area contributed by atoms with E-state index in [9.17, 15) is 0 Å². The minimum atomic E-state index is 0.393. The molecule has 7 heteroatoms. The number of benzene rings is 1. The maximum Gasteiger partial charge on any atom is 0.168 e. The highest BCUT2D eigenvalue weighted by molar-refractivity contribution is 9.10. The van der Waals surface area contributed by atoms with Crippen molar-refractivity contribution >= 4 is 44.2 Å². The second-order valence-electron chi connectivity index (χ2n) is 4.86. The molecule has 0 bridgehead atoms. The fourth-order valence-corrected chi connectivity index (χ4v) is 3.17.